The van der Waals surface area contributed by atoms with Gasteiger partial charge in [0.25, 0.3) is 5.91 Å². The number of hydrogen-bond acceptors (Lipinski definition) is 5. The van der Waals surface area contributed by atoms with Crippen LogP contribution >= 0.6 is 22.9 Å². The lowest BCUT2D eigenvalue weighted by atomic mass is 10.0. The minimum atomic E-state index is -3.38. The van der Waals surface area contributed by atoms with Crippen molar-refractivity contribution in [3.8, 4) is 11.1 Å². The second-order valence-electron chi connectivity index (χ2n) is 9.25. The van der Waals surface area contributed by atoms with Crippen molar-refractivity contribution in [1.29, 1.82) is 0 Å². The van der Waals surface area contributed by atoms with Crippen molar-refractivity contribution in [2.75, 3.05) is 11.6 Å². The Hall–Kier alpha value is -3.20. The molecule has 0 unspecified atom stereocenters. The molecular formula is C28H25ClN2O4S2. The van der Waals surface area contributed by atoms with E-state index in [9.17, 15) is 18.0 Å². The summed E-state index contributed by atoms with van der Waals surface area (Å²) in [4.78, 5) is 26.9. The number of fused-ring (bicyclic) bond motifs is 1. The van der Waals surface area contributed by atoms with Crippen LogP contribution in [0.3, 0.4) is 0 Å². The van der Waals surface area contributed by atoms with Crippen LogP contribution in [0.2, 0.25) is 5.02 Å². The Labute approximate surface area is 224 Å². The van der Waals surface area contributed by atoms with Gasteiger partial charge in [0.1, 0.15) is 0 Å². The van der Waals surface area contributed by atoms with Gasteiger partial charge in [0.05, 0.1) is 15.7 Å². The number of carbonyl (C=O) groups is 2. The number of anilines is 1. The van der Waals surface area contributed by atoms with Crippen molar-refractivity contribution < 1.29 is 18.0 Å². The van der Waals surface area contributed by atoms with E-state index in [0.717, 1.165) is 28.5 Å². The fraction of sp³-hybridized carbons (Fsp3) is 0.214. The first kappa shape index (κ1) is 25.4. The summed E-state index contributed by atoms with van der Waals surface area (Å²) in [6.07, 6.45) is 3.47. The summed E-state index contributed by atoms with van der Waals surface area (Å²) in [5.41, 5.74) is 1.98. The first-order valence-electron chi connectivity index (χ1n) is 11.9. The molecule has 190 valence electrons. The lowest BCUT2D eigenvalue weighted by molar-refractivity contribution is -0.120. The smallest absolute Gasteiger partial charge is 0.261 e. The highest BCUT2D eigenvalue weighted by Crippen LogP contribution is 2.32. The highest BCUT2D eigenvalue weighted by atomic mass is 35.5. The maximum atomic E-state index is 13.1. The molecule has 1 aliphatic rings. The van der Waals surface area contributed by atoms with Gasteiger partial charge in [-0.2, -0.15) is 0 Å². The van der Waals surface area contributed by atoms with Crippen molar-refractivity contribution >= 4 is 60.4 Å². The van der Waals surface area contributed by atoms with Crippen LogP contribution in [0.15, 0.2) is 77.7 Å². The number of benzene rings is 3. The highest BCUT2D eigenvalue weighted by Gasteiger charge is 2.34. The Morgan fingerprint density at radius 3 is 2.49 bits per heavy atom. The quantitative estimate of drug-likeness (QED) is 0.299. The van der Waals surface area contributed by atoms with Gasteiger partial charge < -0.3 is 10.6 Å². The summed E-state index contributed by atoms with van der Waals surface area (Å²) >= 11 is 7.45. The molecule has 1 saturated carbocycles. The second-order valence-corrected chi connectivity index (χ2v) is 12.7. The molecule has 1 aromatic heterocycles. The van der Waals surface area contributed by atoms with Gasteiger partial charge in [-0.1, -0.05) is 54.4 Å². The number of nitrogens with one attached hydrogen (secondary N) is 2. The number of carbonyl (C=O) groups excluding carboxylic acids is 2. The third-order valence-corrected chi connectivity index (χ3v) is 9.11. The first-order valence-corrected chi connectivity index (χ1v) is 15.0. The number of rotatable bonds is 6. The predicted molar refractivity (Wildman–Crippen MR) is 149 cm³/mol. The van der Waals surface area contributed by atoms with E-state index >= 15 is 0 Å². The molecule has 37 heavy (non-hydrogen) atoms. The van der Waals surface area contributed by atoms with Gasteiger partial charge in [0.2, 0.25) is 5.91 Å². The summed E-state index contributed by atoms with van der Waals surface area (Å²) in [6.45, 7) is 0. The standard InChI is InChI=1S/C28H25ClN2O4S2/c1-37(34,35)26-8-3-2-5-21(26)17-10-13-20(14-11-17)30-27(32)22-6-4-7-23(22)31-28(33)25-15-18-9-12-19(29)16-24(18)36-25/h2-3,5,8-16,22-23H,4,6-7H2,1H3,(H,30,32)(H,31,33)/t22-,23+/m0/s1. The zero-order valence-electron chi connectivity index (χ0n) is 20.0. The van der Waals surface area contributed by atoms with Gasteiger partial charge in [0.15, 0.2) is 9.84 Å². The van der Waals surface area contributed by atoms with Gasteiger partial charge in [-0.25, -0.2) is 8.42 Å². The molecule has 1 fully saturated rings. The van der Waals surface area contributed by atoms with E-state index in [0.29, 0.717) is 27.6 Å². The maximum absolute atomic E-state index is 13.1. The van der Waals surface area contributed by atoms with Crippen LogP contribution in [0.25, 0.3) is 21.2 Å². The molecule has 1 heterocycles. The SMILES string of the molecule is CS(=O)(=O)c1ccccc1-c1ccc(NC(=O)[C@H]2CCC[C@H]2NC(=O)c2cc3ccc(Cl)cc3s2)cc1. The summed E-state index contributed by atoms with van der Waals surface area (Å²) < 4.78 is 25.2. The normalized spacial score (nSPS) is 17.6. The Kier molecular flexibility index (Phi) is 7.07. The zero-order chi connectivity index (χ0) is 26.2. The largest absolute Gasteiger partial charge is 0.348 e. The minimum absolute atomic E-state index is 0.143. The van der Waals surface area contributed by atoms with E-state index in [-0.39, 0.29) is 28.7 Å². The molecule has 9 heteroatoms. The number of hydrogen-bond donors (Lipinski definition) is 2. The fourth-order valence-corrected chi connectivity index (χ4v) is 6.95. The number of sulfone groups is 1. The zero-order valence-corrected chi connectivity index (χ0v) is 22.4. The molecule has 6 nitrogen and oxygen atoms in total. The van der Waals surface area contributed by atoms with Crippen molar-refractivity contribution in [3.63, 3.8) is 0 Å². The third kappa shape index (κ3) is 5.56. The molecule has 5 rings (SSSR count). The van der Waals surface area contributed by atoms with E-state index in [4.69, 9.17) is 11.6 Å². The van der Waals surface area contributed by atoms with Crippen LogP contribution in [0.4, 0.5) is 5.69 Å². The van der Waals surface area contributed by atoms with Crippen LogP contribution in [0.1, 0.15) is 28.9 Å². The molecular weight excluding hydrogens is 528 g/mol. The van der Waals surface area contributed by atoms with Crippen LogP contribution < -0.4 is 10.6 Å². The number of thiophene rings is 1. The maximum Gasteiger partial charge on any atom is 0.261 e. The molecule has 0 spiro atoms. The Morgan fingerprint density at radius 2 is 1.73 bits per heavy atom. The van der Waals surface area contributed by atoms with Crippen molar-refractivity contribution in [1.82, 2.24) is 5.32 Å². The third-order valence-electron chi connectivity index (χ3n) is 6.63. The molecule has 2 N–H and O–H groups in total. The second kappa shape index (κ2) is 10.3. The van der Waals surface area contributed by atoms with E-state index in [1.54, 1.807) is 54.6 Å². The highest BCUT2D eigenvalue weighted by molar-refractivity contribution is 7.90. The number of halogens is 1. The Bertz CT molecular complexity index is 1600. The van der Waals surface area contributed by atoms with Gasteiger partial charge in [-0.3, -0.25) is 9.59 Å². The Balaban J connectivity index is 1.26. The van der Waals surface area contributed by atoms with Gasteiger partial charge >= 0.3 is 0 Å². The summed E-state index contributed by atoms with van der Waals surface area (Å²) in [5.74, 6) is -0.662. The average molecular weight is 553 g/mol. The molecule has 0 radical (unpaired) electrons. The molecule has 1 aliphatic carbocycles. The van der Waals surface area contributed by atoms with Gasteiger partial charge in [-0.15, -0.1) is 11.3 Å². The molecule has 0 saturated heterocycles. The molecule has 0 aliphatic heterocycles. The van der Waals surface area contributed by atoms with Gasteiger partial charge in [-0.05, 0) is 60.2 Å². The van der Waals surface area contributed by atoms with Crippen LogP contribution in [0.5, 0.6) is 0 Å². The fourth-order valence-electron chi connectivity index (χ4n) is 4.80. The molecule has 3 aromatic carbocycles. The Morgan fingerprint density at radius 1 is 0.973 bits per heavy atom. The van der Waals surface area contributed by atoms with Crippen LogP contribution in [-0.2, 0) is 14.6 Å². The average Bonchev–Trinajstić information content (AvgIpc) is 3.51. The van der Waals surface area contributed by atoms with Crippen LogP contribution in [-0.4, -0.2) is 32.5 Å². The molecule has 0 bridgehead atoms. The lowest BCUT2D eigenvalue weighted by Crippen LogP contribution is -2.41. The van der Waals surface area contributed by atoms with Gasteiger partial charge in [0, 0.05) is 33.3 Å². The van der Waals surface area contributed by atoms with Crippen molar-refractivity contribution in [3.05, 3.63) is 82.7 Å². The topological polar surface area (TPSA) is 92.3 Å². The van der Waals surface area contributed by atoms with E-state index in [2.05, 4.69) is 10.6 Å². The predicted octanol–water partition coefficient (Wildman–Crippen LogP) is 6.16. The van der Waals surface area contributed by atoms with E-state index in [1.165, 1.54) is 17.6 Å². The molecule has 4 aromatic rings. The summed E-state index contributed by atoms with van der Waals surface area (Å²) in [7, 11) is -3.38. The van der Waals surface area contributed by atoms with E-state index < -0.39 is 9.84 Å². The molecule has 2 atom stereocenters. The molecule has 2 amide bonds. The minimum Gasteiger partial charge on any atom is -0.348 e. The number of amides is 2. The van der Waals surface area contributed by atoms with Crippen molar-refractivity contribution in [2.24, 2.45) is 5.92 Å². The van der Waals surface area contributed by atoms with Crippen molar-refractivity contribution in [2.45, 2.75) is 30.2 Å². The van der Waals surface area contributed by atoms with E-state index in [1.807, 2.05) is 18.2 Å². The summed E-state index contributed by atoms with van der Waals surface area (Å²) in [6, 6.07) is 21.1. The lowest BCUT2D eigenvalue weighted by Gasteiger charge is -2.20. The monoisotopic (exact) mass is 552 g/mol. The first-order chi connectivity index (χ1) is 17.7. The summed E-state index contributed by atoms with van der Waals surface area (Å²) in [5, 5.41) is 7.60. The van der Waals surface area contributed by atoms with Crippen LogP contribution in [0, 0.1) is 5.92 Å².